The van der Waals surface area contributed by atoms with Crippen LogP contribution in [-0.4, -0.2) is 71.3 Å². The number of carbonyl (C=O) groups excluding carboxylic acids is 1. The molecule has 2 fully saturated rings. The Morgan fingerprint density at radius 1 is 1.28 bits per heavy atom. The number of nitrogens with one attached hydrogen (secondary N) is 1. The van der Waals surface area contributed by atoms with Crippen LogP contribution in [0.15, 0.2) is 4.52 Å². The van der Waals surface area contributed by atoms with Gasteiger partial charge in [0.25, 0.3) is 0 Å². The summed E-state index contributed by atoms with van der Waals surface area (Å²) in [6, 6.07) is -0.145. The van der Waals surface area contributed by atoms with E-state index in [-0.39, 0.29) is 17.9 Å². The van der Waals surface area contributed by atoms with Gasteiger partial charge in [0.05, 0.1) is 17.8 Å². The average molecular weight is 350 g/mol. The number of aryl methyl sites for hydroxylation is 2. The summed E-state index contributed by atoms with van der Waals surface area (Å²) in [6.45, 7) is 7.93. The lowest BCUT2D eigenvalue weighted by Gasteiger charge is -2.37. The van der Waals surface area contributed by atoms with Crippen molar-refractivity contribution < 1.29 is 14.4 Å². The second kappa shape index (κ2) is 7.85. The first-order valence-corrected chi connectivity index (χ1v) is 9.25. The monoisotopic (exact) mass is 350 g/mol. The molecule has 2 N–H and O–H groups in total. The lowest BCUT2D eigenvalue weighted by Crippen LogP contribution is -2.55. The lowest BCUT2D eigenvalue weighted by molar-refractivity contribution is -0.128. The molecule has 0 aromatic carbocycles. The van der Waals surface area contributed by atoms with Gasteiger partial charge < -0.3 is 19.8 Å². The van der Waals surface area contributed by atoms with Gasteiger partial charge in [-0.25, -0.2) is 0 Å². The predicted octanol–water partition coefficient (Wildman–Crippen LogP) is 0.685. The van der Waals surface area contributed by atoms with Crippen LogP contribution < -0.4 is 5.32 Å². The fraction of sp³-hybridized carbons (Fsp3) is 0.778. The van der Waals surface area contributed by atoms with Gasteiger partial charge in [-0.05, 0) is 53.2 Å². The molecular formula is C18H30N4O3. The number of piperidine rings is 2. The van der Waals surface area contributed by atoms with Crippen LogP contribution in [0, 0.1) is 19.8 Å². The Labute approximate surface area is 149 Å². The topological polar surface area (TPSA) is 81.8 Å². The smallest absolute Gasteiger partial charge is 0.223 e. The summed E-state index contributed by atoms with van der Waals surface area (Å²) in [5.41, 5.74) is 2.01. The van der Waals surface area contributed by atoms with E-state index in [1.165, 1.54) is 0 Å². The maximum absolute atomic E-state index is 12.5. The van der Waals surface area contributed by atoms with Gasteiger partial charge in [0, 0.05) is 31.1 Å². The van der Waals surface area contributed by atoms with Crippen LogP contribution in [0.1, 0.15) is 36.3 Å². The lowest BCUT2D eigenvalue weighted by atomic mass is 9.94. The SMILES string of the molecule is Cc1noc(C)c1CN1CC[C@@H](NC(=O)C2CCN(C)CC2)[C@H](O)C1. The van der Waals surface area contributed by atoms with Crippen LogP contribution in [0.5, 0.6) is 0 Å². The Morgan fingerprint density at radius 3 is 2.60 bits per heavy atom. The number of aliphatic hydroxyl groups excluding tert-OH is 1. The molecule has 2 atom stereocenters. The minimum absolute atomic E-state index is 0.0868. The number of amides is 1. The summed E-state index contributed by atoms with van der Waals surface area (Å²) in [5.74, 6) is 1.03. The van der Waals surface area contributed by atoms with Gasteiger partial charge >= 0.3 is 0 Å². The van der Waals surface area contributed by atoms with E-state index >= 15 is 0 Å². The molecule has 7 nitrogen and oxygen atoms in total. The number of β-amino-alcohol motifs (C(OH)–C–C–N with tert-alkyl or cyclic N) is 1. The summed E-state index contributed by atoms with van der Waals surface area (Å²) < 4.78 is 5.21. The van der Waals surface area contributed by atoms with Crippen LogP contribution in [0.4, 0.5) is 0 Å². The van der Waals surface area contributed by atoms with E-state index in [1.54, 1.807) is 0 Å². The number of likely N-dealkylation sites (tertiary alicyclic amines) is 2. The largest absolute Gasteiger partial charge is 0.390 e. The third kappa shape index (κ3) is 4.40. The van der Waals surface area contributed by atoms with Gasteiger partial charge in [-0.3, -0.25) is 9.69 Å². The molecule has 0 spiro atoms. The van der Waals surface area contributed by atoms with Crippen LogP contribution in [0.3, 0.4) is 0 Å². The molecule has 0 saturated carbocycles. The van der Waals surface area contributed by atoms with E-state index in [0.29, 0.717) is 6.54 Å². The van der Waals surface area contributed by atoms with Gasteiger partial charge in [0.1, 0.15) is 5.76 Å². The van der Waals surface area contributed by atoms with Crippen LogP contribution in [0.2, 0.25) is 0 Å². The quantitative estimate of drug-likeness (QED) is 0.831. The van der Waals surface area contributed by atoms with Crippen molar-refractivity contribution in [3.05, 3.63) is 17.0 Å². The van der Waals surface area contributed by atoms with Crippen molar-refractivity contribution in [3.63, 3.8) is 0 Å². The van der Waals surface area contributed by atoms with Crippen molar-refractivity contribution in [1.82, 2.24) is 20.3 Å². The molecule has 3 rings (SSSR count). The highest BCUT2D eigenvalue weighted by molar-refractivity contribution is 5.79. The average Bonchev–Trinajstić information content (AvgIpc) is 2.90. The molecule has 0 unspecified atom stereocenters. The Hall–Kier alpha value is -1.44. The molecule has 7 heteroatoms. The number of nitrogens with zero attached hydrogens (tertiary/aromatic N) is 3. The van der Waals surface area contributed by atoms with Crippen molar-refractivity contribution in [2.24, 2.45) is 5.92 Å². The number of hydrogen-bond acceptors (Lipinski definition) is 6. The van der Waals surface area contributed by atoms with E-state index in [2.05, 4.69) is 27.3 Å². The second-order valence-corrected chi connectivity index (χ2v) is 7.59. The Kier molecular flexibility index (Phi) is 5.76. The Morgan fingerprint density at radius 2 is 2.00 bits per heavy atom. The molecule has 2 saturated heterocycles. The van der Waals surface area contributed by atoms with E-state index < -0.39 is 6.10 Å². The first-order chi connectivity index (χ1) is 11.9. The first kappa shape index (κ1) is 18.4. The molecule has 1 aromatic rings. The number of aliphatic hydroxyl groups is 1. The van der Waals surface area contributed by atoms with E-state index in [1.807, 2.05) is 13.8 Å². The van der Waals surface area contributed by atoms with Crippen molar-refractivity contribution in [3.8, 4) is 0 Å². The van der Waals surface area contributed by atoms with Gasteiger partial charge in [-0.15, -0.1) is 0 Å². The van der Waals surface area contributed by atoms with Crippen molar-refractivity contribution >= 4 is 5.91 Å². The molecule has 0 aliphatic carbocycles. The van der Waals surface area contributed by atoms with Crippen molar-refractivity contribution in [2.45, 2.75) is 51.8 Å². The molecule has 2 aliphatic heterocycles. The van der Waals surface area contributed by atoms with Crippen LogP contribution in [0.25, 0.3) is 0 Å². The second-order valence-electron chi connectivity index (χ2n) is 7.59. The fourth-order valence-corrected chi connectivity index (χ4v) is 3.83. The third-order valence-electron chi connectivity index (χ3n) is 5.65. The van der Waals surface area contributed by atoms with Crippen molar-refractivity contribution in [2.75, 3.05) is 33.2 Å². The standard InChI is InChI=1S/C18H30N4O3/c1-12-15(13(2)25-20-12)10-22-9-6-16(17(23)11-22)19-18(24)14-4-7-21(3)8-5-14/h14,16-17,23H,4-11H2,1-3H3,(H,19,24)/t16-,17-/m1/s1. The first-order valence-electron chi connectivity index (χ1n) is 9.25. The minimum Gasteiger partial charge on any atom is -0.390 e. The third-order valence-corrected chi connectivity index (χ3v) is 5.65. The van der Waals surface area contributed by atoms with E-state index in [9.17, 15) is 9.90 Å². The summed E-state index contributed by atoms with van der Waals surface area (Å²) >= 11 is 0. The molecule has 2 aliphatic rings. The Bertz CT molecular complexity index is 576. The maximum Gasteiger partial charge on any atom is 0.223 e. The van der Waals surface area contributed by atoms with Gasteiger partial charge in [-0.1, -0.05) is 5.16 Å². The van der Waals surface area contributed by atoms with Gasteiger partial charge in [0.15, 0.2) is 0 Å². The number of carbonyl (C=O) groups is 1. The zero-order chi connectivity index (χ0) is 18.0. The summed E-state index contributed by atoms with van der Waals surface area (Å²) in [6.07, 6.45) is 2.04. The fourth-order valence-electron chi connectivity index (χ4n) is 3.83. The molecule has 140 valence electrons. The highest BCUT2D eigenvalue weighted by Gasteiger charge is 2.32. The predicted molar refractivity (Wildman–Crippen MR) is 94.0 cm³/mol. The number of aromatic nitrogens is 1. The summed E-state index contributed by atoms with van der Waals surface area (Å²) in [4.78, 5) is 16.9. The molecule has 0 radical (unpaired) electrons. The summed E-state index contributed by atoms with van der Waals surface area (Å²) in [5, 5.41) is 17.6. The molecule has 1 aromatic heterocycles. The highest BCUT2D eigenvalue weighted by Crippen LogP contribution is 2.21. The highest BCUT2D eigenvalue weighted by atomic mass is 16.5. The molecule has 0 bridgehead atoms. The van der Waals surface area contributed by atoms with Crippen LogP contribution in [-0.2, 0) is 11.3 Å². The maximum atomic E-state index is 12.5. The van der Waals surface area contributed by atoms with Gasteiger partial charge in [-0.2, -0.15) is 0 Å². The molecule has 3 heterocycles. The number of hydrogen-bond donors (Lipinski definition) is 2. The zero-order valence-corrected chi connectivity index (χ0v) is 15.5. The zero-order valence-electron chi connectivity index (χ0n) is 15.5. The van der Waals surface area contributed by atoms with E-state index in [0.717, 1.165) is 62.5 Å². The normalized spacial score (nSPS) is 26.7. The van der Waals surface area contributed by atoms with Gasteiger partial charge in [0.2, 0.25) is 5.91 Å². The van der Waals surface area contributed by atoms with Crippen molar-refractivity contribution in [1.29, 1.82) is 0 Å². The minimum atomic E-state index is -0.538. The number of rotatable bonds is 4. The van der Waals surface area contributed by atoms with E-state index in [4.69, 9.17) is 4.52 Å². The molecule has 25 heavy (non-hydrogen) atoms. The Balaban J connectivity index is 1.49. The van der Waals surface area contributed by atoms with Crippen LogP contribution >= 0.6 is 0 Å². The molecular weight excluding hydrogens is 320 g/mol. The molecule has 1 amide bonds. The summed E-state index contributed by atoms with van der Waals surface area (Å²) in [7, 11) is 2.09.